The van der Waals surface area contributed by atoms with Crippen LogP contribution in [0.3, 0.4) is 0 Å². The Morgan fingerprint density at radius 1 is 1.55 bits per heavy atom. The van der Waals surface area contributed by atoms with Crippen LogP contribution in [0.1, 0.15) is 32.3 Å². The maximum absolute atomic E-state index is 6.21. The molecule has 1 aromatic heterocycles. The second-order valence-electron chi connectivity index (χ2n) is 5.69. The van der Waals surface area contributed by atoms with Crippen molar-refractivity contribution in [2.24, 2.45) is 0 Å². The largest absolute Gasteiger partial charge is 0.376 e. The van der Waals surface area contributed by atoms with Gasteiger partial charge in [0.25, 0.3) is 0 Å². The molecule has 1 atom stereocenters. The summed E-state index contributed by atoms with van der Waals surface area (Å²) in [5.41, 5.74) is 1.09. The number of hydrogen-bond acceptors (Lipinski definition) is 4. The normalized spacial score (nSPS) is 18.8. The number of rotatable bonds is 6. The summed E-state index contributed by atoms with van der Waals surface area (Å²) >= 11 is 6.21. The SMILES string of the molecule is CC(C)NCc1cc(N(C)CC2CCCO2)ncc1Cl. The lowest BCUT2D eigenvalue weighted by Crippen LogP contribution is -2.29. The van der Waals surface area contributed by atoms with Crippen molar-refractivity contribution in [3.05, 3.63) is 22.8 Å². The minimum Gasteiger partial charge on any atom is -0.376 e. The van der Waals surface area contributed by atoms with E-state index in [1.807, 2.05) is 0 Å². The molecule has 20 heavy (non-hydrogen) atoms. The second kappa shape index (κ2) is 7.25. The van der Waals surface area contributed by atoms with E-state index in [9.17, 15) is 0 Å². The van der Waals surface area contributed by atoms with Crippen molar-refractivity contribution >= 4 is 17.4 Å². The van der Waals surface area contributed by atoms with Crippen LogP contribution in [-0.4, -0.2) is 37.3 Å². The molecule has 0 amide bonds. The average molecular weight is 298 g/mol. The molecule has 1 unspecified atom stereocenters. The Balaban J connectivity index is 2.01. The minimum atomic E-state index is 0.328. The van der Waals surface area contributed by atoms with Crippen molar-refractivity contribution in [3.63, 3.8) is 0 Å². The van der Waals surface area contributed by atoms with E-state index in [4.69, 9.17) is 16.3 Å². The fourth-order valence-corrected chi connectivity index (χ4v) is 2.48. The quantitative estimate of drug-likeness (QED) is 0.876. The topological polar surface area (TPSA) is 37.4 Å². The molecule has 112 valence electrons. The number of halogens is 1. The molecule has 1 aromatic rings. The Hall–Kier alpha value is -0.840. The van der Waals surface area contributed by atoms with Crippen LogP contribution in [0.25, 0.3) is 0 Å². The lowest BCUT2D eigenvalue weighted by Gasteiger charge is -2.22. The average Bonchev–Trinajstić information content (AvgIpc) is 2.90. The van der Waals surface area contributed by atoms with E-state index < -0.39 is 0 Å². The number of likely N-dealkylation sites (N-methyl/N-ethyl adjacent to an activating group) is 1. The predicted octanol–water partition coefficient (Wildman–Crippen LogP) is 2.85. The summed E-state index contributed by atoms with van der Waals surface area (Å²) in [4.78, 5) is 6.56. The van der Waals surface area contributed by atoms with Crippen LogP contribution >= 0.6 is 11.6 Å². The van der Waals surface area contributed by atoms with Crippen molar-refractivity contribution in [1.82, 2.24) is 10.3 Å². The van der Waals surface area contributed by atoms with Crippen molar-refractivity contribution in [2.75, 3.05) is 25.1 Å². The minimum absolute atomic E-state index is 0.328. The third kappa shape index (κ3) is 4.33. The molecule has 1 saturated heterocycles. The maximum Gasteiger partial charge on any atom is 0.128 e. The van der Waals surface area contributed by atoms with Crippen LogP contribution in [0.5, 0.6) is 0 Å². The van der Waals surface area contributed by atoms with Gasteiger partial charge in [-0.2, -0.15) is 0 Å². The van der Waals surface area contributed by atoms with Gasteiger partial charge in [-0.1, -0.05) is 25.4 Å². The predicted molar refractivity (Wildman–Crippen MR) is 83.5 cm³/mol. The molecule has 0 aromatic carbocycles. The van der Waals surface area contributed by atoms with E-state index in [2.05, 4.69) is 42.2 Å². The van der Waals surface area contributed by atoms with E-state index in [1.54, 1.807) is 6.20 Å². The zero-order valence-corrected chi connectivity index (χ0v) is 13.3. The molecule has 4 nitrogen and oxygen atoms in total. The molecular weight excluding hydrogens is 274 g/mol. The van der Waals surface area contributed by atoms with Crippen molar-refractivity contribution in [3.8, 4) is 0 Å². The van der Waals surface area contributed by atoms with Crippen LogP contribution in [0.4, 0.5) is 5.82 Å². The van der Waals surface area contributed by atoms with E-state index in [0.717, 1.165) is 43.9 Å². The van der Waals surface area contributed by atoms with Gasteiger partial charge < -0.3 is 15.0 Å². The lowest BCUT2D eigenvalue weighted by molar-refractivity contribution is 0.116. The van der Waals surface area contributed by atoms with Gasteiger partial charge in [-0.25, -0.2) is 4.98 Å². The monoisotopic (exact) mass is 297 g/mol. The highest BCUT2D eigenvalue weighted by molar-refractivity contribution is 6.31. The Labute approximate surface area is 126 Å². The van der Waals surface area contributed by atoms with Gasteiger partial charge >= 0.3 is 0 Å². The molecular formula is C15H24ClN3O. The number of hydrogen-bond donors (Lipinski definition) is 1. The first kappa shape index (κ1) is 15.5. The number of anilines is 1. The first-order valence-electron chi connectivity index (χ1n) is 7.27. The van der Waals surface area contributed by atoms with Crippen LogP contribution in [0, 0.1) is 0 Å². The number of ether oxygens (including phenoxy) is 1. The molecule has 0 aliphatic carbocycles. The molecule has 1 aliphatic rings. The zero-order valence-electron chi connectivity index (χ0n) is 12.5. The van der Waals surface area contributed by atoms with Gasteiger partial charge in [0.2, 0.25) is 0 Å². The Kier molecular flexibility index (Phi) is 5.64. The molecule has 1 N–H and O–H groups in total. The smallest absolute Gasteiger partial charge is 0.128 e. The highest BCUT2D eigenvalue weighted by atomic mass is 35.5. The van der Waals surface area contributed by atoms with Crippen LogP contribution < -0.4 is 10.2 Å². The van der Waals surface area contributed by atoms with Crippen LogP contribution in [0.2, 0.25) is 5.02 Å². The van der Waals surface area contributed by atoms with E-state index in [1.165, 1.54) is 0 Å². The Morgan fingerprint density at radius 2 is 2.35 bits per heavy atom. The lowest BCUT2D eigenvalue weighted by atomic mass is 10.2. The molecule has 0 spiro atoms. The number of nitrogens with zero attached hydrogens (tertiary/aromatic N) is 2. The van der Waals surface area contributed by atoms with Gasteiger partial charge in [-0.15, -0.1) is 0 Å². The summed E-state index contributed by atoms with van der Waals surface area (Å²) in [6, 6.07) is 2.50. The molecule has 0 saturated carbocycles. The zero-order chi connectivity index (χ0) is 14.5. The number of aromatic nitrogens is 1. The van der Waals surface area contributed by atoms with E-state index in [0.29, 0.717) is 17.2 Å². The summed E-state index contributed by atoms with van der Waals surface area (Å²) < 4.78 is 5.67. The number of pyridine rings is 1. The third-order valence-corrected chi connectivity index (χ3v) is 3.85. The Bertz CT molecular complexity index is 433. The first-order valence-corrected chi connectivity index (χ1v) is 7.64. The standard InChI is InChI=1S/C15H24ClN3O/c1-11(2)17-8-12-7-15(18-9-14(12)16)19(3)10-13-5-4-6-20-13/h7,9,11,13,17H,4-6,8,10H2,1-3H3. The molecule has 2 rings (SSSR count). The maximum atomic E-state index is 6.21. The summed E-state index contributed by atoms with van der Waals surface area (Å²) in [5.74, 6) is 0.949. The summed E-state index contributed by atoms with van der Waals surface area (Å²) in [6.45, 7) is 6.78. The summed E-state index contributed by atoms with van der Waals surface area (Å²) in [5, 5.41) is 4.10. The van der Waals surface area contributed by atoms with Crippen LogP contribution in [0.15, 0.2) is 12.3 Å². The fourth-order valence-electron chi connectivity index (χ4n) is 2.31. The van der Waals surface area contributed by atoms with Gasteiger partial charge in [0.15, 0.2) is 0 Å². The van der Waals surface area contributed by atoms with Crippen molar-refractivity contribution < 1.29 is 4.74 Å². The van der Waals surface area contributed by atoms with Crippen LogP contribution in [-0.2, 0) is 11.3 Å². The summed E-state index contributed by atoms with van der Waals surface area (Å²) in [6.07, 6.45) is 4.37. The van der Waals surface area contributed by atoms with Gasteiger partial charge in [0.05, 0.1) is 11.1 Å². The van der Waals surface area contributed by atoms with Gasteiger partial charge in [0.1, 0.15) is 5.82 Å². The van der Waals surface area contributed by atoms with E-state index >= 15 is 0 Å². The molecule has 5 heteroatoms. The Morgan fingerprint density at radius 3 is 3.00 bits per heavy atom. The van der Waals surface area contributed by atoms with E-state index in [-0.39, 0.29) is 0 Å². The first-order chi connectivity index (χ1) is 9.56. The second-order valence-corrected chi connectivity index (χ2v) is 6.09. The van der Waals surface area contributed by atoms with Gasteiger partial charge in [-0.05, 0) is 24.5 Å². The van der Waals surface area contributed by atoms with Crippen molar-refractivity contribution in [1.29, 1.82) is 0 Å². The highest BCUT2D eigenvalue weighted by Crippen LogP contribution is 2.21. The molecule has 2 heterocycles. The fraction of sp³-hybridized carbons (Fsp3) is 0.667. The van der Waals surface area contributed by atoms with Gasteiger partial charge in [0, 0.05) is 39.0 Å². The molecule has 1 fully saturated rings. The van der Waals surface area contributed by atoms with Gasteiger partial charge in [-0.3, -0.25) is 0 Å². The molecule has 1 aliphatic heterocycles. The third-order valence-electron chi connectivity index (χ3n) is 3.51. The highest BCUT2D eigenvalue weighted by Gasteiger charge is 2.18. The molecule has 0 radical (unpaired) electrons. The van der Waals surface area contributed by atoms with Crippen molar-refractivity contribution in [2.45, 2.75) is 45.4 Å². The molecule has 0 bridgehead atoms. The number of nitrogens with one attached hydrogen (secondary N) is 1. The summed E-state index contributed by atoms with van der Waals surface area (Å²) in [7, 11) is 2.05.